The number of nitrogens with zero attached hydrogens (tertiary/aromatic N) is 1. The van der Waals surface area contributed by atoms with E-state index in [1.165, 1.54) is 7.11 Å². The van der Waals surface area contributed by atoms with Crippen molar-refractivity contribution in [2.45, 2.75) is 6.61 Å². The van der Waals surface area contributed by atoms with Crippen molar-refractivity contribution in [3.8, 4) is 23.8 Å². The van der Waals surface area contributed by atoms with Crippen LogP contribution in [0.15, 0.2) is 59.5 Å². The number of fused-ring (bicyclic) bond motifs is 1. The van der Waals surface area contributed by atoms with E-state index in [4.69, 9.17) is 27.5 Å². The smallest absolute Gasteiger partial charge is 0.294 e. The zero-order valence-corrected chi connectivity index (χ0v) is 18.7. The van der Waals surface area contributed by atoms with Gasteiger partial charge in [-0.15, -0.1) is 6.42 Å². The highest BCUT2D eigenvalue weighted by atomic mass is 35.5. The Balaban J connectivity index is 1.56. The molecule has 0 unspecified atom stereocenters. The van der Waals surface area contributed by atoms with Crippen molar-refractivity contribution in [2.24, 2.45) is 0 Å². The highest BCUT2D eigenvalue weighted by Gasteiger charge is 2.34. The van der Waals surface area contributed by atoms with Gasteiger partial charge in [-0.2, -0.15) is 0 Å². The van der Waals surface area contributed by atoms with Crippen LogP contribution in [0.4, 0.5) is 4.79 Å². The molecule has 0 atom stereocenters. The van der Waals surface area contributed by atoms with Crippen molar-refractivity contribution < 1.29 is 19.1 Å². The molecular formula is C25H18ClNO4S. The predicted octanol–water partition coefficient (Wildman–Crippen LogP) is 5.75. The van der Waals surface area contributed by atoms with Gasteiger partial charge in [0.25, 0.3) is 11.1 Å². The number of imide groups is 1. The Hall–Kier alpha value is -3.40. The standard InChI is InChI=1S/C25H18ClNO4S/c1-3-10-27-24(28)22(32-25(27)29)14-17-12-20(26)23(21(13-17)30-2)31-15-16-8-9-18-6-4-5-7-19(18)11-16/h1,4-9,11-14H,10,15H2,2H3/b22-14+. The molecule has 0 spiro atoms. The Kier molecular flexibility index (Phi) is 6.40. The molecule has 0 aromatic heterocycles. The Morgan fingerprint density at radius 1 is 1.12 bits per heavy atom. The molecule has 2 amide bonds. The zero-order valence-electron chi connectivity index (χ0n) is 17.1. The normalized spacial score (nSPS) is 14.8. The molecule has 32 heavy (non-hydrogen) atoms. The number of ether oxygens (including phenoxy) is 2. The van der Waals surface area contributed by atoms with Crippen molar-refractivity contribution in [3.05, 3.63) is 75.7 Å². The summed E-state index contributed by atoms with van der Waals surface area (Å²) < 4.78 is 11.4. The maximum absolute atomic E-state index is 12.4. The molecule has 1 heterocycles. The molecule has 3 aromatic rings. The number of carbonyl (C=O) groups is 2. The second kappa shape index (κ2) is 9.39. The van der Waals surface area contributed by atoms with Crippen LogP contribution >= 0.6 is 23.4 Å². The van der Waals surface area contributed by atoms with Crippen LogP contribution in [0.3, 0.4) is 0 Å². The molecule has 0 saturated carbocycles. The average molecular weight is 464 g/mol. The van der Waals surface area contributed by atoms with Crippen molar-refractivity contribution in [2.75, 3.05) is 13.7 Å². The van der Waals surface area contributed by atoms with E-state index in [-0.39, 0.29) is 11.4 Å². The van der Waals surface area contributed by atoms with E-state index < -0.39 is 11.1 Å². The molecule has 0 aliphatic carbocycles. The fraction of sp³-hybridized carbons (Fsp3) is 0.120. The summed E-state index contributed by atoms with van der Waals surface area (Å²) >= 11 is 7.31. The zero-order chi connectivity index (χ0) is 22.7. The van der Waals surface area contributed by atoms with Gasteiger partial charge >= 0.3 is 0 Å². The number of rotatable bonds is 6. The number of benzene rings is 3. The lowest BCUT2D eigenvalue weighted by Crippen LogP contribution is -2.28. The van der Waals surface area contributed by atoms with Gasteiger partial charge in [0.2, 0.25) is 0 Å². The first-order valence-electron chi connectivity index (χ1n) is 9.67. The summed E-state index contributed by atoms with van der Waals surface area (Å²) in [5.41, 5.74) is 1.60. The summed E-state index contributed by atoms with van der Waals surface area (Å²) in [6.45, 7) is 0.249. The fourth-order valence-corrected chi connectivity index (χ4v) is 4.44. The molecule has 160 valence electrons. The summed E-state index contributed by atoms with van der Waals surface area (Å²) in [6.07, 6.45) is 6.82. The molecule has 0 bridgehead atoms. The van der Waals surface area contributed by atoms with Crippen LogP contribution < -0.4 is 9.47 Å². The summed E-state index contributed by atoms with van der Waals surface area (Å²) in [5, 5.41) is 2.22. The lowest BCUT2D eigenvalue weighted by molar-refractivity contribution is -0.122. The van der Waals surface area contributed by atoms with E-state index in [1.807, 2.05) is 30.3 Å². The molecule has 1 aliphatic heterocycles. The Labute approximate surface area is 194 Å². The summed E-state index contributed by atoms with van der Waals surface area (Å²) in [7, 11) is 1.51. The maximum atomic E-state index is 12.4. The molecule has 1 fully saturated rings. The van der Waals surface area contributed by atoms with Gasteiger partial charge in [-0.1, -0.05) is 53.9 Å². The van der Waals surface area contributed by atoms with Gasteiger partial charge in [-0.05, 0) is 57.9 Å². The number of terminal acetylenes is 1. The highest BCUT2D eigenvalue weighted by Crippen LogP contribution is 2.39. The van der Waals surface area contributed by atoms with Gasteiger partial charge in [0.1, 0.15) is 6.61 Å². The summed E-state index contributed by atoms with van der Waals surface area (Å²) in [5.74, 6) is 2.71. The number of methoxy groups -OCH3 is 1. The van der Waals surface area contributed by atoms with Crippen LogP contribution in [0.5, 0.6) is 11.5 Å². The Bertz CT molecular complexity index is 1290. The largest absolute Gasteiger partial charge is 0.493 e. The van der Waals surface area contributed by atoms with Crippen LogP contribution in [-0.2, 0) is 11.4 Å². The average Bonchev–Trinajstić information content (AvgIpc) is 3.05. The SMILES string of the molecule is C#CCN1C(=O)S/C(=C/c2cc(Cl)c(OCc3ccc4ccccc4c3)c(OC)c2)C1=O. The Morgan fingerprint density at radius 2 is 1.91 bits per heavy atom. The topological polar surface area (TPSA) is 55.8 Å². The third-order valence-electron chi connectivity index (χ3n) is 4.87. The lowest BCUT2D eigenvalue weighted by Gasteiger charge is -2.14. The Morgan fingerprint density at radius 3 is 2.66 bits per heavy atom. The summed E-state index contributed by atoms with van der Waals surface area (Å²) in [4.78, 5) is 25.7. The molecule has 0 N–H and O–H groups in total. The van der Waals surface area contributed by atoms with Crippen molar-refractivity contribution in [1.82, 2.24) is 4.90 Å². The fourth-order valence-electron chi connectivity index (χ4n) is 3.33. The van der Waals surface area contributed by atoms with E-state index in [0.717, 1.165) is 33.0 Å². The molecule has 0 radical (unpaired) electrons. The van der Waals surface area contributed by atoms with E-state index in [2.05, 4.69) is 18.1 Å². The molecule has 1 aliphatic rings. The highest BCUT2D eigenvalue weighted by molar-refractivity contribution is 8.18. The van der Waals surface area contributed by atoms with Crippen LogP contribution in [0, 0.1) is 12.3 Å². The first-order valence-corrected chi connectivity index (χ1v) is 10.9. The number of halogens is 1. The molecule has 7 heteroatoms. The van der Waals surface area contributed by atoms with E-state index in [9.17, 15) is 9.59 Å². The van der Waals surface area contributed by atoms with Crippen LogP contribution in [0.1, 0.15) is 11.1 Å². The number of carbonyl (C=O) groups excluding carboxylic acids is 2. The van der Waals surface area contributed by atoms with Crippen molar-refractivity contribution in [3.63, 3.8) is 0 Å². The molecule has 1 saturated heterocycles. The van der Waals surface area contributed by atoms with Gasteiger partial charge in [0.15, 0.2) is 11.5 Å². The quantitative estimate of drug-likeness (QED) is 0.344. The van der Waals surface area contributed by atoms with Gasteiger partial charge < -0.3 is 9.47 Å². The summed E-state index contributed by atoms with van der Waals surface area (Å²) in [6, 6.07) is 17.6. The van der Waals surface area contributed by atoms with Crippen LogP contribution in [0.2, 0.25) is 5.02 Å². The lowest BCUT2D eigenvalue weighted by atomic mass is 10.1. The number of amides is 2. The van der Waals surface area contributed by atoms with Crippen molar-refractivity contribution >= 4 is 51.4 Å². The van der Waals surface area contributed by atoms with E-state index in [0.29, 0.717) is 28.7 Å². The molecule has 3 aromatic carbocycles. The third kappa shape index (κ3) is 4.45. The van der Waals surface area contributed by atoms with Crippen LogP contribution in [0.25, 0.3) is 16.8 Å². The van der Waals surface area contributed by atoms with E-state index in [1.54, 1.807) is 18.2 Å². The maximum Gasteiger partial charge on any atom is 0.294 e. The number of thioether (sulfide) groups is 1. The van der Waals surface area contributed by atoms with Gasteiger partial charge in [0, 0.05) is 0 Å². The first kappa shape index (κ1) is 21.8. The predicted molar refractivity (Wildman–Crippen MR) is 128 cm³/mol. The molecule has 4 rings (SSSR count). The minimum absolute atomic E-state index is 0.0619. The van der Waals surface area contributed by atoms with Gasteiger partial charge in [0.05, 0.1) is 23.6 Å². The van der Waals surface area contributed by atoms with Gasteiger partial charge in [-0.25, -0.2) is 0 Å². The molecular weight excluding hydrogens is 446 g/mol. The third-order valence-corrected chi connectivity index (χ3v) is 6.06. The second-order valence-electron chi connectivity index (χ2n) is 6.98. The van der Waals surface area contributed by atoms with Gasteiger partial charge in [-0.3, -0.25) is 14.5 Å². The number of hydrogen-bond acceptors (Lipinski definition) is 5. The number of hydrogen-bond donors (Lipinski definition) is 0. The van der Waals surface area contributed by atoms with Crippen LogP contribution in [-0.4, -0.2) is 29.7 Å². The minimum atomic E-state index is -0.426. The monoisotopic (exact) mass is 463 g/mol. The molecule has 5 nitrogen and oxygen atoms in total. The second-order valence-corrected chi connectivity index (χ2v) is 8.38. The van der Waals surface area contributed by atoms with E-state index >= 15 is 0 Å². The minimum Gasteiger partial charge on any atom is -0.493 e. The van der Waals surface area contributed by atoms with Crippen molar-refractivity contribution in [1.29, 1.82) is 0 Å². The first-order chi connectivity index (χ1) is 15.5.